The second-order valence-corrected chi connectivity index (χ2v) is 10.9. The number of aliphatic hydroxyl groups excluding tert-OH is 3. The van der Waals surface area contributed by atoms with Crippen LogP contribution in [0.4, 0.5) is 0 Å². The maximum atomic E-state index is 13.9. The molecule has 210 valence electrons. The van der Waals surface area contributed by atoms with Gasteiger partial charge in [0.1, 0.15) is 41.9 Å². The van der Waals surface area contributed by atoms with E-state index in [0.717, 1.165) is 0 Å². The van der Waals surface area contributed by atoms with Gasteiger partial charge in [0.15, 0.2) is 6.29 Å². The molecule has 0 radical (unpaired) electrons. The highest BCUT2D eigenvalue weighted by Gasteiger charge is 2.46. The van der Waals surface area contributed by atoms with Crippen molar-refractivity contribution in [3.05, 3.63) is 24.3 Å². The van der Waals surface area contributed by atoms with Crippen LogP contribution in [0.3, 0.4) is 0 Å². The van der Waals surface area contributed by atoms with Crippen LogP contribution in [-0.4, -0.2) is 83.7 Å². The Hall–Kier alpha value is -2.25. The van der Waals surface area contributed by atoms with E-state index in [4.69, 9.17) is 23.3 Å². The average molecular weight is 549 g/mol. The van der Waals surface area contributed by atoms with Gasteiger partial charge in [-0.25, -0.2) is 4.57 Å². The monoisotopic (exact) mass is 548 g/mol. The first kappa shape index (κ1) is 31.0. The molecule has 0 aromatic heterocycles. The zero-order valence-corrected chi connectivity index (χ0v) is 22.6. The van der Waals surface area contributed by atoms with Crippen LogP contribution in [0.1, 0.15) is 34.6 Å². The van der Waals surface area contributed by atoms with Crippen molar-refractivity contribution >= 4 is 19.6 Å². The Bertz CT molecular complexity index is 943. The van der Waals surface area contributed by atoms with Gasteiger partial charge in [-0.3, -0.25) is 14.1 Å². The molecule has 1 aliphatic rings. The van der Waals surface area contributed by atoms with Gasteiger partial charge in [0.25, 0.3) is 0 Å². The van der Waals surface area contributed by atoms with Crippen molar-refractivity contribution in [2.24, 2.45) is 5.92 Å². The first-order valence-electron chi connectivity index (χ1n) is 11.8. The Morgan fingerprint density at radius 3 is 2.16 bits per heavy atom. The van der Waals surface area contributed by atoms with Crippen LogP contribution in [0.5, 0.6) is 11.5 Å². The molecule has 1 saturated heterocycles. The minimum Gasteiger partial charge on any atom is -0.497 e. The van der Waals surface area contributed by atoms with E-state index < -0.39 is 69.0 Å². The maximum absolute atomic E-state index is 13.9. The predicted molar refractivity (Wildman–Crippen MR) is 131 cm³/mol. The molecule has 1 heterocycles. The number of carbonyl (C=O) groups excluding carboxylic acids is 2. The quantitative estimate of drug-likeness (QED) is 0.182. The van der Waals surface area contributed by atoms with E-state index in [2.05, 4.69) is 10.4 Å². The van der Waals surface area contributed by atoms with Crippen LogP contribution >= 0.6 is 7.75 Å². The van der Waals surface area contributed by atoms with Gasteiger partial charge in [-0.2, -0.15) is 5.09 Å². The summed E-state index contributed by atoms with van der Waals surface area (Å²) >= 11 is 0. The molecular formula is C23H37N2O11P. The first-order valence-corrected chi connectivity index (χ1v) is 13.3. The fourth-order valence-corrected chi connectivity index (χ4v) is 5.13. The minimum atomic E-state index is -4.36. The Morgan fingerprint density at radius 1 is 1.05 bits per heavy atom. The molecule has 1 amide bonds. The van der Waals surface area contributed by atoms with Gasteiger partial charge >= 0.3 is 13.7 Å². The first-order chi connectivity index (χ1) is 17.3. The summed E-state index contributed by atoms with van der Waals surface area (Å²) < 4.78 is 40.7. The molecule has 14 heteroatoms. The van der Waals surface area contributed by atoms with Crippen LogP contribution in [0.15, 0.2) is 24.3 Å². The van der Waals surface area contributed by atoms with Gasteiger partial charge in [0.05, 0.1) is 19.8 Å². The van der Waals surface area contributed by atoms with E-state index in [0.29, 0.717) is 5.75 Å². The van der Waals surface area contributed by atoms with Gasteiger partial charge in [0, 0.05) is 6.92 Å². The summed E-state index contributed by atoms with van der Waals surface area (Å²) in [5.74, 6) is -0.978. The molecule has 0 aliphatic carbocycles. The number of aliphatic hydroxyl groups is 3. The second kappa shape index (κ2) is 13.5. The van der Waals surface area contributed by atoms with E-state index >= 15 is 0 Å². The Morgan fingerprint density at radius 2 is 1.65 bits per heavy atom. The fraction of sp³-hybridized carbons (Fsp3) is 0.652. The van der Waals surface area contributed by atoms with Gasteiger partial charge in [-0.05, 0) is 44.0 Å². The highest BCUT2D eigenvalue weighted by atomic mass is 31.2. The summed E-state index contributed by atoms with van der Waals surface area (Å²) in [4.78, 5) is 24.0. The molecule has 1 aliphatic heterocycles. The molecule has 5 N–H and O–H groups in total. The number of ether oxygens (including phenoxy) is 3. The SMILES string of the molecule is COc1ccc(OP(=O)(N[C@H](C(=O)OC(C)C)C(C)C)OC[C@H]2OC(O)[C@H](NC(C)=O)[C@@H](O)[C@@H]2O)cc1. The lowest BCUT2D eigenvalue weighted by atomic mass is 9.97. The number of benzene rings is 1. The number of carbonyl (C=O) groups is 2. The van der Waals surface area contributed by atoms with Crippen LogP contribution in [-0.2, 0) is 28.2 Å². The molecule has 1 aromatic carbocycles. The number of rotatable bonds is 12. The third-order valence-electron chi connectivity index (χ3n) is 5.35. The molecule has 1 aromatic rings. The lowest BCUT2D eigenvalue weighted by molar-refractivity contribution is -0.252. The standard InChI is InChI=1S/C23H37N2O11P/c1-12(2)18(22(29)34-13(3)4)25-37(31,36-16-9-7-15(32-6)8-10-16)33-11-17-20(27)21(28)19(23(30)35-17)24-14(5)26/h7-10,12-13,17-21,23,27-28,30H,11H2,1-6H3,(H,24,26)(H,25,31)/t17-,18+,19-,20-,21-,23?,37?/m1/s1. The largest absolute Gasteiger partial charge is 0.497 e. The summed E-state index contributed by atoms with van der Waals surface area (Å²) in [5, 5.41) is 36.0. The summed E-state index contributed by atoms with van der Waals surface area (Å²) in [7, 11) is -2.88. The number of esters is 1. The molecule has 1 fully saturated rings. The number of methoxy groups -OCH3 is 1. The summed E-state index contributed by atoms with van der Waals surface area (Å²) in [5.41, 5.74) is 0. The smallest absolute Gasteiger partial charge is 0.459 e. The van der Waals surface area contributed by atoms with Crippen LogP contribution in [0, 0.1) is 5.92 Å². The molecule has 0 saturated carbocycles. The molecule has 37 heavy (non-hydrogen) atoms. The lowest BCUT2D eigenvalue weighted by Gasteiger charge is -2.40. The summed E-state index contributed by atoms with van der Waals surface area (Å²) in [6.45, 7) is 7.32. The van der Waals surface area contributed by atoms with E-state index in [9.17, 15) is 29.5 Å². The van der Waals surface area contributed by atoms with Crippen molar-refractivity contribution in [3.63, 3.8) is 0 Å². The van der Waals surface area contributed by atoms with Crippen LogP contribution in [0.2, 0.25) is 0 Å². The van der Waals surface area contributed by atoms with Crippen molar-refractivity contribution in [1.82, 2.24) is 10.4 Å². The topological polar surface area (TPSA) is 182 Å². The molecular weight excluding hydrogens is 511 g/mol. The van der Waals surface area contributed by atoms with Crippen molar-refractivity contribution in [3.8, 4) is 11.5 Å². The average Bonchev–Trinajstić information content (AvgIpc) is 2.81. The molecule has 13 nitrogen and oxygen atoms in total. The molecule has 2 unspecified atom stereocenters. The number of amides is 1. The summed E-state index contributed by atoms with van der Waals surface area (Å²) in [6, 6.07) is 3.70. The van der Waals surface area contributed by atoms with Gasteiger partial charge in [0.2, 0.25) is 5.91 Å². The van der Waals surface area contributed by atoms with Crippen molar-refractivity contribution in [1.29, 1.82) is 0 Å². The van der Waals surface area contributed by atoms with Crippen molar-refractivity contribution in [2.45, 2.75) is 77.4 Å². The highest BCUT2D eigenvalue weighted by Crippen LogP contribution is 2.46. The summed E-state index contributed by atoms with van der Waals surface area (Å²) in [6.07, 6.45) is -6.70. The normalized spacial score (nSPS) is 26.3. The Labute approximate surface area is 216 Å². The zero-order valence-electron chi connectivity index (χ0n) is 21.7. The third-order valence-corrected chi connectivity index (χ3v) is 6.89. The van der Waals surface area contributed by atoms with Crippen molar-refractivity contribution in [2.75, 3.05) is 13.7 Å². The Kier molecular flexibility index (Phi) is 11.3. The number of hydrogen-bond donors (Lipinski definition) is 5. The number of hydrogen-bond acceptors (Lipinski definition) is 11. The highest BCUT2D eigenvalue weighted by molar-refractivity contribution is 7.52. The Balaban J connectivity index is 2.26. The minimum absolute atomic E-state index is 0.118. The molecule has 0 spiro atoms. The van der Waals surface area contributed by atoms with Crippen LogP contribution < -0.4 is 19.7 Å². The van der Waals surface area contributed by atoms with E-state index in [-0.39, 0.29) is 11.7 Å². The fourth-order valence-electron chi connectivity index (χ4n) is 3.46. The number of nitrogens with one attached hydrogen (secondary N) is 2. The van der Waals surface area contributed by atoms with E-state index in [1.165, 1.54) is 26.2 Å². The van der Waals surface area contributed by atoms with Gasteiger partial charge in [-0.1, -0.05) is 13.8 Å². The van der Waals surface area contributed by atoms with E-state index in [1.807, 2.05) is 0 Å². The van der Waals surface area contributed by atoms with Crippen LogP contribution in [0.25, 0.3) is 0 Å². The lowest BCUT2D eigenvalue weighted by Crippen LogP contribution is -2.64. The van der Waals surface area contributed by atoms with Crippen molar-refractivity contribution < 1.29 is 52.7 Å². The maximum Gasteiger partial charge on any atom is 0.459 e. The molecule has 7 atom stereocenters. The van der Waals surface area contributed by atoms with Gasteiger partial charge in [-0.15, -0.1) is 0 Å². The molecule has 2 rings (SSSR count). The molecule has 0 bridgehead atoms. The second-order valence-electron chi connectivity index (χ2n) is 9.17. The third kappa shape index (κ3) is 8.92. The zero-order chi connectivity index (χ0) is 27.9. The predicted octanol–water partition coefficient (Wildman–Crippen LogP) is 0.708. The van der Waals surface area contributed by atoms with E-state index in [1.54, 1.807) is 39.8 Å². The van der Waals surface area contributed by atoms with Gasteiger partial charge < -0.3 is 39.4 Å².